The fraction of sp³-hybridized carbons (Fsp3) is 0.333. The summed E-state index contributed by atoms with van der Waals surface area (Å²) in [6.07, 6.45) is 4.88. The Labute approximate surface area is 189 Å². The number of rotatable bonds is 6. The number of aromatic nitrogens is 1. The number of nitrogens with zero attached hydrogens (tertiary/aromatic N) is 3. The minimum atomic E-state index is 0.0810. The van der Waals surface area contributed by atoms with Gasteiger partial charge in [-0.05, 0) is 56.6 Å². The number of nitrogens with one attached hydrogen (secondary N) is 1. The van der Waals surface area contributed by atoms with E-state index >= 15 is 0 Å². The fourth-order valence-electron chi connectivity index (χ4n) is 4.37. The van der Waals surface area contributed by atoms with E-state index in [0.29, 0.717) is 23.6 Å². The lowest BCUT2D eigenvalue weighted by molar-refractivity contribution is 0.125. The van der Waals surface area contributed by atoms with Gasteiger partial charge in [0, 0.05) is 27.5 Å². The van der Waals surface area contributed by atoms with Crippen LogP contribution in [0.1, 0.15) is 36.8 Å². The van der Waals surface area contributed by atoms with E-state index in [4.69, 9.17) is 9.83 Å². The zero-order valence-electron chi connectivity index (χ0n) is 17.3. The molecule has 3 heterocycles. The van der Waals surface area contributed by atoms with Crippen LogP contribution in [0.5, 0.6) is 5.88 Å². The number of halogens is 1. The van der Waals surface area contributed by atoms with Crippen molar-refractivity contribution in [3.8, 4) is 5.88 Å². The van der Waals surface area contributed by atoms with Gasteiger partial charge in [-0.3, -0.25) is 0 Å². The monoisotopic (exact) mass is 480 g/mol. The van der Waals surface area contributed by atoms with E-state index in [2.05, 4.69) is 31.0 Å². The highest BCUT2D eigenvalue weighted by molar-refractivity contribution is 9.10. The molecule has 160 valence electrons. The number of fused-ring (bicyclic) bond motifs is 2. The molecule has 0 aliphatic carbocycles. The van der Waals surface area contributed by atoms with Gasteiger partial charge in [-0.1, -0.05) is 45.7 Å². The summed E-state index contributed by atoms with van der Waals surface area (Å²) in [4.78, 5) is 16.1. The molecule has 0 saturated carbocycles. The molecule has 1 saturated heterocycles. The SMILES string of the molecule is Oc1[nH]c2ccc(Br)cc2c1C1=Nc2ccccc2/C1=N\OCCCN1CCCCC1. The number of aromatic amines is 1. The summed E-state index contributed by atoms with van der Waals surface area (Å²) in [7, 11) is 0. The molecule has 2 aromatic carbocycles. The average molecular weight is 481 g/mol. The standard InChI is InChI=1S/C24H25BrN4O2/c25-16-9-10-20-18(15-16)21(24(30)27-20)23-22(17-7-2-3-8-19(17)26-23)28-31-14-6-13-29-11-4-1-5-12-29/h2-3,7-10,15,27,30H,1,4-6,11-14H2/b28-22+. The number of hydrogen-bond acceptors (Lipinski definition) is 5. The molecule has 2 N–H and O–H groups in total. The third-order valence-corrected chi connectivity index (χ3v) is 6.40. The number of hydrogen-bond donors (Lipinski definition) is 2. The molecular weight excluding hydrogens is 456 g/mol. The summed E-state index contributed by atoms with van der Waals surface area (Å²) in [5.41, 5.74) is 4.51. The Balaban J connectivity index is 1.40. The van der Waals surface area contributed by atoms with E-state index in [0.717, 1.165) is 39.6 Å². The van der Waals surface area contributed by atoms with Crippen molar-refractivity contribution in [2.75, 3.05) is 26.2 Å². The number of H-pyrrole nitrogens is 1. The number of likely N-dealkylation sites (tertiary alicyclic amines) is 1. The van der Waals surface area contributed by atoms with Crippen molar-refractivity contribution in [1.82, 2.24) is 9.88 Å². The van der Waals surface area contributed by atoms with Gasteiger partial charge in [0.1, 0.15) is 18.0 Å². The fourth-order valence-corrected chi connectivity index (χ4v) is 4.74. The van der Waals surface area contributed by atoms with E-state index in [1.807, 2.05) is 42.5 Å². The minimum Gasteiger partial charge on any atom is -0.494 e. The summed E-state index contributed by atoms with van der Waals surface area (Å²) in [5, 5.41) is 16.1. The summed E-state index contributed by atoms with van der Waals surface area (Å²) in [5.74, 6) is 0.0810. The van der Waals surface area contributed by atoms with Crippen LogP contribution in [-0.4, -0.2) is 52.7 Å². The highest BCUT2D eigenvalue weighted by Crippen LogP contribution is 2.36. The third-order valence-electron chi connectivity index (χ3n) is 5.91. The maximum atomic E-state index is 10.7. The van der Waals surface area contributed by atoms with Crippen LogP contribution in [0.4, 0.5) is 5.69 Å². The van der Waals surface area contributed by atoms with Crippen LogP contribution < -0.4 is 0 Å². The van der Waals surface area contributed by atoms with Crippen LogP contribution in [0.25, 0.3) is 10.9 Å². The summed E-state index contributed by atoms with van der Waals surface area (Å²) >= 11 is 3.53. The van der Waals surface area contributed by atoms with Gasteiger partial charge in [-0.15, -0.1) is 0 Å². The van der Waals surface area contributed by atoms with Crippen LogP contribution >= 0.6 is 15.9 Å². The summed E-state index contributed by atoms with van der Waals surface area (Å²) in [6.45, 7) is 3.97. The molecule has 2 aliphatic heterocycles. The smallest absolute Gasteiger partial charge is 0.199 e. The van der Waals surface area contributed by atoms with Gasteiger partial charge in [0.25, 0.3) is 0 Å². The van der Waals surface area contributed by atoms with Crippen molar-refractivity contribution in [3.63, 3.8) is 0 Å². The molecule has 5 rings (SSSR count). The molecule has 0 unspecified atom stereocenters. The molecule has 6 nitrogen and oxygen atoms in total. The lowest BCUT2D eigenvalue weighted by Crippen LogP contribution is -2.31. The highest BCUT2D eigenvalue weighted by atomic mass is 79.9. The van der Waals surface area contributed by atoms with Crippen LogP contribution in [-0.2, 0) is 4.84 Å². The van der Waals surface area contributed by atoms with Gasteiger partial charge in [-0.2, -0.15) is 0 Å². The molecule has 0 atom stereocenters. The first-order valence-corrected chi connectivity index (χ1v) is 11.6. The molecule has 2 aliphatic rings. The summed E-state index contributed by atoms with van der Waals surface area (Å²) < 4.78 is 0.934. The van der Waals surface area contributed by atoms with Crippen molar-refractivity contribution >= 4 is 43.9 Å². The Kier molecular flexibility index (Phi) is 5.78. The van der Waals surface area contributed by atoms with Crippen LogP contribution in [0.3, 0.4) is 0 Å². The van der Waals surface area contributed by atoms with Crippen molar-refractivity contribution < 1.29 is 9.94 Å². The van der Waals surface area contributed by atoms with E-state index in [1.54, 1.807) is 0 Å². The Morgan fingerprint density at radius 3 is 2.84 bits per heavy atom. The lowest BCUT2D eigenvalue weighted by atomic mass is 10.0. The van der Waals surface area contributed by atoms with E-state index in [9.17, 15) is 5.11 Å². The van der Waals surface area contributed by atoms with Crippen molar-refractivity contribution in [1.29, 1.82) is 0 Å². The summed E-state index contributed by atoms with van der Waals surface area (Å²) in [6, 6.07) is 13.7. The van der Waals surface area contributed by atoms with Crippen molar-refractivity contribution in [3.05, 3.63) is 58.1 Å². The van der Waals surface area contributed by atoms with Crippen molar-refractivity contribution in [2.45, 2.75) is 25.7 Å². The third kappa shape index (κ3) is 4.12. The second-order valence-electron chi connectivity index (χ2n) is 8.05. The molecule has 0 amide bonds. The molecule has 31 heavy (non-hydrogen) atoms. The average Bonchev–Trinajstić information content (AvgIpc) is 3.30. The quantitative estimate of drug-likeness (QED) is 0.368. The van der Waals surface area contributed by atoms with Crippen LogP contribution in [0, 0.1) is 0 Å². The molecular formula is C24H25BrN4O2. The molecule has 7 heteroatoms. The maximum Gasteiger partial charge on any atom is 0.199 e. The molecule has 1 fully saturated rings. The number of oxime groups is 1. The van der Waals surface area contributed by atoms with E-state index < -0.39 is 0 Å². The van der Waals surface area contributed by atoms with E-state index in [-0.39, 0.29) is 5.88 Å². The first-order chi connectivity index (χ1) is 15.2. The van der Waals surface area contributed by atoms with Crippen LogP contribution in [0.2, 0.25) is 0 Å². The number of aromatic hydroxyl groups is 1. The maximum absolute atomic E-state index is 10.7. The van der Waals surface area contributed by atoms with Gasteiger partial charge < -0.3 is 19.8 Å². The minimum absolute atomic E-state index is 0.0810. The zero-order valence-corrected chi connectivity index (χ0v) is 18.9. The van der Waals surface area contributed by atoms with Gasteiger partial charge in [0.05, 0.1) is 11.3 Å². The van der Waals surface area contributed by atoms with E-state index in [1.165, 1.54) is 32.4 Å². The van der Waals surface area contributed by atoms with Gasteiger partial charge in [-0.25, -0.2) is 4.99 Å². The second kappa shape index (κ2) is 8.85. The topological polar surface area (TPSA) is 73.2 Å². The van der Waals surface area contributed by atoms with Gasteiger partial charge in [0.2, 0.25) is 0 Å². The number of aliphatic imine (C=N–C) groups is 1. The lowest BCUT2D eigenvalue weighted by Gasteiger charge is -2.25. The number of para-hydroxylation sites is 1. The zero-order chi connectivity index (χ0) is 21.2. The number of piperidine rings is 1. The highest BCUT2D eigenvalue weighted by Gasteiger charge is 2.29. The number of benzene rings is 2. The normalized spacial score (nSPS) is 17.8. The Morgan fingerprint density at radius 2 is 1.97 bits per heavy atom. The Bertz CT molecular complexity index is 1160. The molecule has 1 aromatic heterocycles. The molecule has 0 bridgehead atoms. The predicted octanol–water partition coefficient (Wildman–Crippen LogP) is 5.37. The molecule has 3 aromatic rings. The second-order valence-corrected chi connectivity index (χ2v) is 8.96. The first kappa shape index (κ1) is 20.3. The van der Waals surface area contributed by atoms with Crippen molar-refractivity contribution in [2.24, 2.45) is 10.1 Å². The van der Waals surface area contributed by atoms with Gasteiger partial charge >= 0.3 is 0 Å². The first-order valence-electron chi connectivity index (χ1n) is 10.8. The molecule has 0 radical (unpaired) electrons. The Morgan fingerprint density at radius 1 is 1.13 bits per heavy atom. The van der Waals surface area contributed by atoms with Gasteiger partial charge in [0.15, 0.2) is 5.88 Å². The predicted molar refractivity (Wildman–Crippen MR) is 128 cm³/mol. The molecule has 0 spiro atoms. The Hall–Kier alpha value is -2.64. The largest absolute Gasteiger partial charge is 0.494 e. The van der Waals surface area contributed by atoms with Crippen LogP contribution in [0.15, 0.2) is 57.1 Å².